The summed E-state index contributed by atoms with van der Waals surface area (Å²) in [6.45, 7) is 0.589. The highest BCUT2D eigenvalue weighted by Gasteiger charge is 2.37. The molecule has 0 spiro atoms. The summed E-state index contributed by atoms with van der Waals surface area (Å²) in [5.74, 6) is 0. The fourth-order valence-electron chi connectivity index (χ4n) is 2.75. The highest BCUT2D eigenvalue weighted by atomic mass is 32.2. The topological polar surface area (TPSA) is 77.3 Å². The van der Waals surface area contributed by atoms with Crippen molar-refractivity contribution in [3.63, 3.8) is 0 Å². The summed E-state index contributed by atoms with van der Waals surface area (Å²) in [5.41, 5.74) is 1.85. The maximum atomic E-state index is 12.9. The molecule has 0 amide bonds. The number of imidazole rings is 1. The maximum Gasteiger partial charge on any atom is 0.245 e. The molecule has 3 heterocycles. The second-order valence-corrected chi connectivity index (χ2v) is 7.19. The molecule has 1 aliphatic rings. The lowest BCUT2D eigenvalue weighted by Crippen LogP contribution is -2.46. The minimum absolute atomic E-state index is 0.190. The molecule has 0 bridgehead atoms. The van der Waals surface area contributed by atoms with Crippen molar-refractivity contribution in [1.29, 1.82) is 0 Å². The molecule has 0 aromatic carbocycles. The van der Waals surface area contributed by atoms with Gasteiger partial charge in [0.2, 0.25) is 10.0 Å². The molecule has 2 aromatic heterocycles. The summed E-state index contributed by atoms with van der Waals surface area (Å²) in [5, 5.41) is 0. The Morgan fingerprint density at radius 3 is 2.95 bits per heavy atom. The third-order valence-corrected chi connectivity index (χ3v) is 5.77. The molecule has 0 radical (unpaired) electrons. The summed E-state index contributed by atoms with van der Waals surface area (Å²) in [4.78, 5) is 8.41. The van der Waals surface area contributed by atoms with Crippen LogP contribution in [0.4, 0.5) is 0 Å². The van der Waals surface area contributed by atoms with Crippen molar-refractivity contribution >= 4 is 10.0 Å². The van der Waals surface area contributed by atoms with Gasteiger partial charge in [-0.15, -0.1) is 0 Å². The van der Waals surface area contributed by atoms with E-state index < -0.39 is 10.0 Å². The van der Waals surface area contributed by atoms with Crippen molar-refractivity contribution in [1.82, 2.24) is 18.8 Å². The Bertz CT molecular complexity index is 758. The molecule has 0 fully saturated rings. The molecular formula is C14H18N4O3S. The SMILES string of the molecule is COC[C@H]1Cc2c(ncn2C)CN1S(=O)(=O)c1cccnc1. The van der Waals surface area contributed by atoms with Gasteiger partial charge in [-0.1, -0.05) is 0 Å². The lowest BCUT2D eigenvalue weighted by molar-refractivity contribution is 0.122. The zero-order chi connectivity index (χ0) is 15.7. The van der Waals surface area contributed by atoms with Gasteiger partial charge in [-0.05, 0) is 12.1 Å². The Morgan fingerprint density at radius 2 is 2.27 bits per heavy atom. The molecule has 2 aromatic rings. The Morgan fingerprint density at radius 1 is 1.45 bits per heavy atom. The van der Waals surface area contributed by atoms with Crippen LogP contribution in [-0.2, 0) is 34.8 Å². The Balaban J connectivity index is 2.01. The van der Waals surface area contributed by atoms with Crippen molar-refractivity contribution in [3.8, 4) is 0 Å². The average Bonchev–Trinajstić information content (AvgIpc) is 2.88. The van der Waals surface area contributed by atoms with Crippen LogP contribution in [0.3, 0.4) is 0 Å². The number of aromatic nitrogens is 3. The normalized spacial score (nSPS) is 19.1. The van der Waals surface area contributed by atoms with Gasteiger partial charge in [0.1, 0.15) is 4.90 Å². The van der Waals surface area contributed by atoms with Crippen molar-refractivity contribution in [2.24, 2.45) is 7.05 Å². The van der Waals surface area contributed by atoms with Gasteiger partial charge in [-0.3, -0.25) is 4.98 Å². The molecule has 7 nitrogen and oxygen atoms in total. The highest BCUT2D eigenvalue weighted by molar-refractivity contribution is 7.89. The van der Waals surface area contributed by atoms with Gasteiger partial charge in [0.05, 0.1) is 31.2 Å². The third-order valence-electron chi connectivity index (χ3n) is 3.89. The van der Waals surface area contributed by atoms with Crippen LogP contribution in [0.25, 0.3) is 0 Å². The Labute approximate surface area is 129 Å². The van der Waals surface area contributed by atoms with Crippen molar-refractivity contribution in [2.45, 2.75) is 23.9 Å². The zero-order valence-corrected chi connectivity index (χ0v) is 13.3. The molecule has 22 heavy (non-hydrogen) atoms. The number of pyridine rings is 1. The smallest absolute Gasteiger partial charge is 0.245 e. The zero-order valence-electron chi connectivity index (χ0n) is 12.5. The standard InChI is InChI=1S/C14H18N4O3S/c1-17-10-16-13-8-18(11(9-21-2)6-14(13)17)22(19,20)12-4-3-5-15-7-12/h3-5,7,10-11H,6,8-9H2,1-2H3/t11-/m1/s1. The second kappa shape index (κ2) is 5.79. The summed E-state index contributed by atoms with van der Waals surface area (Å²) in [6.07, 6.45) is 5.22. The van der Waals surface area contributed by atoms with Crippen LogP contribution in [0, 0.1) is 0 Å². The predicted octanol–water partition coefficient (Wildman–Crippen LogP) is 0.577. The summed E-state index contributed by atoms with van der Waals surface area (Å²) >= 11 is 0. The van der Waals surface area contributed by atoms with Gasteiger partial charge in [-0.2, -0.15) is 4.31 Å². The average molecular weight is 322 g/mol. The minimum atomic E-state index is -3.63. The maximum absolute atomic E-state index is 12.9. The second-order valence-electron chi connectivity index (χ2n) is 5.30. The van der Waals surface area contributed by atoms with E-state index in [1.807, 2.05) is 11.6 Å². The molecule has 1 aliphatic heterocycles. The third kappa shape index (κ3) is 2.53. The molecule has 1 atom stereocenters. The van der Waals surface area contributed by atoms with E-state index in [1.165, 1.54) is 10.5 Å². The molecule has 8 heteroatoms. The minimum Gasteiger partial charge on any atom is -0.383 e. The molecule has 0 saturated carbocycles. The highest BCUT2D eigenvalue weighted by Crippen LogP contribution is 2.28. The van der Waals surface area contributed by atoms with Crippen LogP contribution in [0.2, 0.25) is 0 Å². The van der Waals surface area contributed by atoms with Crippen LogP contribution in [0.15, 0.2) is 35.7 Å². The van der Waals surface area contributed by atoms with E-state index in [2.05, 4.69) is 9.97 Å². The fourth-order valence-corrected chi connectivity index (χ4v) is 4.29. The molecule has 0 aliphatic carbocycles. The van der Waals surface area contributed by atoms with E-state index in [0.29, 0.717) is 13.0 Å². The number of hydrogen-bond acceptors (Lipinski definition) is 5. The molecule has 118 valence electrons. The van der Waals surface area contributed by atoms with Gasteiger partial charge in [-0.25, -0.2) is 13.4 Å². The first kappa shape index (κ1) is 15.1. The number of nitrogens with zero attached hydrogens (tertiary/aromatic N) is 4. The summed E-state index contributed by atoms with van der Waals surface area (Å²) < 4.78 is 34.4. The molecule has 0 saturated heterocycles. The predicted molar refractivity (Wildman–Crippen MR) is 79.5 cm³/mol. The molecule has 0 N–H and O–H groups in total. The first-order valence-corrected chi connectivity index (χ1v) is 8.38. The lowest BCUT2D eigenvalue weighted by Gasteiger charge is -2.34. The van der Waals surface area contributed by atoms with Gasteiger partial charge < -0.3 is 9.30 Å². The van der Waals surface area contributed by atoms with E-state index in [-0.39, 0.29) is 17.5 Å². The summed E-state index contributed by atoms with van der Waals surface area (Å²) in [7, 11) is -0.131. The van der Waals surface area contributed by atoms with Gasteiger partial charge in [0, 0.05) is 38.7 Å². The van der Waals surface area contributed by atoms with Gasteiger partial charge in [0.25, 0.3) is 0 Å². The number of fused-ring (bicyclic) bond motifs is 1. The number of sulfonamides is 1. The van der Waals surface area contributed by atoms with Crippen LogP contribution in [-0.4, -0.2) is 47.0 Å². The van der Waals surface area contributed by atoms with E-state index in [4.69, 9.17) is 4.74 Å². The van der Waals surface area contributed by atoms with Gasteiger partial charge >= 0.3 is 0 Å². The van der Waals surface area contributed by atoms with E-state index >= 15 is 0 Å². The van der Waals surface area contributed by atoms with Crippen LogP contribution < -0.4 is 0 Å². The molecule has 0 unspecified atom stereocenters. The first-order chi connectivity index (χ1) is 10.5. The van der Waals surface area contributed by atoms with E-state index in [0.717, 1.165) is 11.4 Å². The number of hydrogen-bond donors (Lipinski definition) is 0. The number of methoxy groups -OCH3 is 1. The largest absolute Gasteiger partial charge is 0.383 e. The number of rotatable bonds is 4. The van der Waals surface area contributed by atoms with Crippen LogP contribution >= 0.6 is 0 Å². The number of ether oxygens (including phenoxy) is 1. The van der Waals surface area contributed by atoms with Crippen molar-refractivity contribution in [2.75, 3.05) is 13.7 Å². The van der Waals surface area contributed by atoms with Gasteiger partial charge in [0.15, 0.2) is 0 Å². The van der Waals surface area contributed by atoms with Crippen LogP contribution in [0.5, 0.6) is 0 Å². The van der Waals surface area contributed by atoms with Crippen molar-refractivity contribution in [3.05, 3.63) is 42.2 Å². The lowest BCUT2D eigenvalue weighted by atomic mass is 10.1. The quantitative estimate of drug-likeness (QED) is 0.823. The Hall–Kier alpha value is -1.77. The van der Waals surface area contributed by atoms with E-state index in [1.54, 1.807) is 31.8 Å². The summed E-state index contributed by atoms with van der Waals surface area (Å²) in [6, 6.07) is 2.92. The Kier molecular flexibility index (Phi) is 3.98. The molecular weight excluding hydrogens is 304 g/mol. The first-order valence-electron chi connectivity index (χ1n) is 6.94. The van der Waals surface area contributed by atoms with Crippen LogP contribution in [0.1, 0.15) is 11.4 Å². The number of aryl methyl sites for hydroxylation is 1. The van der Waals surface area contributed by atoms with Crippen molar-refractivity contribution < 1.29 is 13.2 Å². The van der Waals surface area contributed by atoms with E-state index in [9.17, 15) is 8.42 Å². The molecule has 3 rings (SSSR count). The fraction of sp³-hybridized carbons (Fsp3) is 0.429. The monoisotopic (exact) mass is 322 g/mol.